The van der Waals surface area contributed by atoms with E-state index in [1.807, 2.05) is 0 Å². The van der Waals surface area contributed by atoms with Gasteiger partial charge in [-0.3, -0.25) is 4.99 Å². The van der Waals surface area contributed by atoms with Crippen molar-refractivity contribution in [3.63, 3.8) is 0 Å². The third-order valence-electron chi connectivity index (χ3n) is 1.51. The van der Waals surface area contributed by atoms with Crippen molar-refractivity contribution in [2.45, 2.75) is 0 Å². The van der Waals surface area contributed by atoms with Crippen LogP contribution in [0.25, 0.3) is 0 Å². The first kappa shape index (κ1) is 9.67. The van der Waals surface area contributed by atoms with Gasteiger partial charge in [0.2, 0.25) is 5.90 Å². The molecule has 0 bridgehead atoms. The van der Waals surface area contributed by atoms with E-state index in [-0.39, 0.29) is 11.7 Å². The summed E-state index contributed by atoms with van der Waals surface area (Å²) in [4.78, 5) is 8.72. The molecule has 70 valence electrons. The van der Waals surface area contributed by atoms with E-state index < -0.39 is 0 Å². The van der Waals surface area contributed by atoms with Crippen molar-refractivity contribution < 1.29 is 9.23 Å². The van der Waals surface area contributed by atoms with Crippen LogP contribution in [0.4, 0.5) is 4.39 Å². The van der Waals surface area contributed by atoms with E-state index in [9.17, 15) is 4.39 Å². The van der Waals surface area contributed by atoms with Crippen LogP contribution in [0, 0.1) is 5.82 Å². The zero-order valence-electron chi connectivity index (χ0n) is 7.54. The number of halogens is 1. The first-order chi connectivity index (χ1) is 6.29. The topological polar surface area (TPSA) is 33.6 Å². The van der Waals surface area contributed by atoms with Gasteiger partial charge in [-0.15, -0.1) is 0 Å². The van der Waals surface area contributed by atoms with Crippen LogP contribution in [0.5, 0.6) is 0 Å². The maximum absolute atomic E-state index is 13.2. The van der Waals surface area contributed by atoms with Crippen LogP contribution in [0.15, 0.2) is 29.3 Å². The summed E-state index contributed by atoms with van der Waals surface area (Å²) in [6.45, 7) is 0. The molecule has 0 aliphatic rings. The average Bonchev–Trinajstić information content (AvgIpc) is 2.16. The second-order valence-corrected chi connectivity index (χ2v) is 2.31. The fraction of sp³-hybridized carbons (Fsp3) is 0.222. The summed E-state index contributed by atoms with van der Waals surface area (Å²) in [5.41, 5.74) is 2.79. The minimum Gasteiger partial charge on any atom is -0.388 e. The molecule has 3 nitrogen and oxygen atoms in total. The Balaban J connectivity index is 2.99. The maximum Gasteiger partial charge on any atom is 0.243 e. The van der Waals surface area contributed by atoms with E-state index in [1.54, 1.807) is 32.3 Å². The predicted octanol–water partition coefficient (Wildman–Crippen LogP) is 1.35. The Labute approximate surface area is 76.2 Å². The molecule has 0 aliphatic heterocycles. The lowest BCUT2D eigenvalue weighted by molar-refractivity contribution is 0.209. The number of rotatable bonds is 2. The van der Waals surface area contributed by atoms with Crippen LogP contribution in [-0.2, 0) is 4.84 Å². The summed E-state index contributed by atoms with van der Waals surface area (Å²) < 4.78 is 13.2. The fourth-order valence-electron chi connectivity index (χ4n) is 0.952. The Hall–Kier alpha value is -1.42. The van der Waals surface area contributed by atoms with Crippen molar-refractivity contribution in [1.82, 2.24) is 5.48 Å². The molecule has 0 fully saturated rings. The molecule has 1 rings (SSSR count). The highest BCUT2D eigenvalue weighted by atomic mass is 19.1. The van der Waals surface area contributed by atoms with Crippen LogP contribution in [0.1, 0.15) is 5.56 Å². The molecule has 0 heterocycles. The molecule has 0 unspecified atom stereocenters. The van der Waals surface area contributed by atoms with Gasteiger partial charge >= 0.3 is 0 Å². The van der Waals surface area contributed by atoms with Gasteiger partial charge in [-0.05, 0) is 12.1 Å². The highest BCUT2D eigenvalue weighted by molar-refractivity contribution is 5.94. The molecule has 4 heteroatoms. The number of hydrogen-bond acceptors (Lipinski definition) is 3. The number of nitrogens with zero attached hydrogens (tertiary/aromatic N) is 1. The van der Waals surface area contributed by atoms with E-state index in [2.05, 4.69) is 10.5 Å². The van der Waals surface area contributed by atoms with E-state index in [4.69, 9.17) is 4.84 Å². The lowest BCUT2D eigenvalue weighted by atomic mass is 10.2. The third-order valence-corrected chi connectivity index (χ3v) is 1.51. The second-order valence-electron chi connectivity index (χ2n) is 2.31. The predicted molar refractivity (Wildman–Crippen MR) is 49.0 cm³/mol. The van der Waals surface area contributed by atoms with Gasteiger partial charge in [0.15, 0.2) is 0 Å². The maximum atomic E-state index is 13.2. The van der Waals surface area contributed by atoms with Gasteiger partial charge in [0, 0.05) is 14.1 Å². The second kappa shape index (κ2) is 4.57. The number of hydrogen-bond donors (Lipinski definition) is 1. The normalized spacial score (nSPS) is 11.5. The van der Waals surface area contributed by atoms with Crippen LogP contribution < -0.4 is 5.48 Å². The molecule has 13 heavy (non-hydrogen) atoms. The monoisotopic (exact) mass is 182 g/mol. The molecule has 1 aromatic rings. The molecule has 0 saturated heterocycles. The van der Waals surface area contributed by atoms with Crippen molar-refractivity contribution >= 4 is 5.90 Å². The first-order valence-corrected chi connectivity index (χ1v) is 3.85. The number of hydroxylamine groups is 1. The van der Waals surface area contributed by atoms with Crippen LogP contribution in [-0.4, -0.2) is 20.0 Å². The molecule has 0 aromatic heterocycles. The summed E-state index contributed by atoms with van der Waals surface area (Å²) in [6, 6.07) is 6.31. The van der Waals surface area contributed by atoms with Gasteiger partial charge in [0.05, 0.1) is 5.56 Å². The summed E-state index contributed by atoms with van der Waals surface area (Å²) in [5, 5.41) is 0. The Morgan fingerprint density at radius 1 is 1.46 bits per heavy atom. The summed E-state index contributed by atoms with van der Waals surface area (Å²) >= 11 is 0. The molecule has 0 amide bonds. The van der Waals surface area contributed by atoms with Crippen LogP contribution in [0.3, 0.4) is 0 Å². The highest BCUT2D eigenvalue weighted by Gasteiger charge is 2.08. The van der Waals surface area contributed by atoms with E-state index in [1.165, 1.54) is 6.07 Å². The fourth-order valence-corrected chi connectivity index (χ4v) is 0.952. The van der Waals surface area contributed by atoms with Crippen LogP contribution >= 0.6 is 0 Å². The van der Waals surface area contributed by atoms with Gasteiger partial charge in [0.25, 0.3) is 0 Å². The Bertz CT molecular complexity index is 312. The van der Waals surface area contributed by atoms with Gasteiger partial charge in [-0.2, -0.15) is 5.48 Å². The van der Waals surface area contributed by atoms with Crippen molar-refractivity contribution in [3.8, 4) is 0 Å². The molecular formula is C9H11FN2O. The Kier molecular flexibility index (Phi) is 3.40. The molecular weight excluding hydrogens is 171 g/mol. The number of aliphatic imine (C=N–C) groups is 1. The Morgan fingerprint density at radius 3 is 2.69 bits per heavy atom. The van der Waals surface area contributed by atoms with E-state index in [0.717, 1.165) is 0 Å². The van der Waals surface area contributed by atoms with Crippen LogP contribution in [0.2, 0.25) is 0 Å². The quantitative estimate of drug-likeness (QED) is 0.425. The van der Waals surface area contributed by atoms with Crippen molar-refractivity contribution in [3.05, 3.63) is 35.6 Å². The van der Waals surface area contributed by atoms with E-state index >= 15 is 0 Å². The van der Waals surface area contributed by atoms with Gasteiger partial charge in [0.1, 0.15) is 5.82 Å². The molecule has 1 aromatic carbocycles. The first-order valence-electron chi connectivity index (χ1n) is 3.85. The average molecular weight is 182 g/mol. The summed E-state index contributed by atoms with van der Waals surface area (Å²) in [7, 11) is 3.13. The Morgan fingerprint density at radius 2 is 2.15 bits per heavy atom. The molecule has 0 atom stereocenters. The molecule has 0 saturated carbocycles. The highest BCUT2D eigenvalue weighted by Crippen LogP contribution is 2.07. The molecule has 0 spiro atoms. The molecule has 1 N–H and O–H groups in total. The van der Waals surface area contributed by atoms with Crippen molar-refractivity contribution in [2.75, 3.05) is 14.1 Å². The minimum absolute atomic E-state index is 0.237. The zero-order chi connectivity index (χ0) is 9.68. The lowest BCUT2D eigenvalue weighted by Gasteiger charge is -2.06. The third kappa shape index (κ3) is 2.26. The summed E-state index contributed by atoms with van der Waals surface area (Å²) in [5.74, 6) is -0.112. The standard InChI is InChI=1S/C9H11FN2O/c1-11-9(13-12-2)7-5-3-4-6-8(7)10/h3-6,12H,1-2H3. The van der Waals surface area contributed by atoms with Gasteiger partial charge in [-0.1, -0.05) is 12.1 Å². The lowest BCUT2D eigenvalue weighted by Crippen LogP contribution is -2.17. The van der Waals surface area contributed by atoms with Crippen molar-refractivity contribution in [2.24, 2.45) is 4.99 Å². The zero-order valence-corrected chi connectivity index (χ0v) is 7.54. The molecule has 0 radical (unpaired) electrons. The largest absolute Gasteiger partial charge is 0.388 e. The van der Waals surface area contributed by atoms with Crippen molar-refractivity contribution in [1.29, 1.82) is 0 Å². The van der Waals surface area contributed by atoms with Gasteiger partial charge < -0.3 is 4.84 Å². The summed E-state index contributed by atoms with van der Waals surface area (Å²) in [6.07, 6.45) is 0. The minimum atomic E-state index is -0.349. The number of nitrogens with one attached hydrogen (secondary N) is 1. The van der Waals surface area contributed by atoms with E-state index in [0.29, 0.717) is 5.56 Å². The smallest absolute Gasteiger partial charge is 0.243 e. The SMILES string of the molecule is CN=C(ONC)c1ccccc1F. The molecule has 0 aliphatic carbocycles. The number of benzene rings is 1. The van der Waals surface area contributed by atoms with Gasteiger partial charge in [-0.25, -0.2) is 4.39 Å².